The average molecular weight is 414 g/mol. The monoisotopic (exact) mass is 413 g/mol. The first kappa shape index (κ1) is 16.6. The van der Waals surface area contributed by atoms with E-state index in [0.717, 1.165) is 22.1 Å². The summed E-state index contributed by atoms with van der Waals surface area (Å²) < 4.78 is 2.44. The predicted molar refractivity (Wildman–Crippen MR) is 99.1 cm³/mol. The van der Waals surface area contributed by atoms with Gasteiger partial charge in [0.15, 0.2) is 5.82 Å². The Morgan fingerprint density at radius 3 is 2.85 bits per heavy atom. The molecular weight excluding hydrogens is 398 g/mol. The van der Waals surface area contributed by atoms with Crippen LogP contribution in [0.5, 0.6) is 0 Å². The van der Waals surface area contributed by atoms with Gasteiger partial charge >= 0.3 is 6.03 Å². The van der Waals surface area contributed by atoms with Crippen molar-refractivity contribution in [2.24, 2.45) is 0 Å². The summed E-state index contributed by atoms with van der Waals surface area (Å²) in [5.41, 5.74) is 2.08. The lowest BCUT2D eigenvalue weighted by Crippen LogP contribution is -2.41. The Morgan fingerprint density at radius 2 is 2.04 bits per heavy atom. The summed E-state index contributed by atoms with van der Waals surface area (Å²) >= 11 is 3.54. The van der Waals surface area contributed by atoms with Crippen LogP contribution in [-0.4, -0.2) is 37.3 Å². The van der Waals surface area contributed by atoms with Gasteiger partial charge in [-0.15, -0.1) is 0 Å². The molecule has 1 aliphatic heterocycles. The Balaban J connectivity index is 1.55. The molecule has 0 saturated heterocycles. The molecule has 2 aromatic heterocycles. The molecule has 4 rings (SSSR count). The summed E-state index contributed by atoms with van der Waals surface area (Å²) in [6.07, 6.45) is 5.53. The molecule has 132 valence electrons. The Morgan fingerprint density at radius 1 is 1.23 bits per heavy atom. The smallest absolute Gasteiger partial charge is 0.322 e. The normalized spacial score (nSPS) is 14.2. The SMILES string of the molecule is C[C@H](NC(=O)N1CCc2cccc(Br)c21)c1ncnn1-c1ncccn1. The first-order chi connectivity index (χ1) is 12.6. The molecule has 1 N–H and O–H groups in total. The van der Waals surface area contributed by atoms with E-state index in [1.807, 2.05) is 25.1 Å². The molecule has 0 bridgehead atoms. The number of benzene rings is 1. The second-order valence-corrected chi connectivity index (χ2v) is 6.75. The van der Waals surface area contributed by atoms with Gasteiger partial charge in [0, 0.05) is 23.4 Å². The fourth-order valence-electron chi connectivity index (χ4n) is 3.04. The van der Waals surface area contributed by atoms with Crippen molar-refractivity contribution in [1.82, 2.24) is 30.0 Å². The van der Waals surface area contributed by atoms with Crippen molar-refractivity contribution in [2.45, 2.75) is 19.4 Å². The number of rotatable bonds is 3. The van der Waals surface area contributed by atoms with Crippen LogP contribution in [0.2, 0.25) is 0 Å². The molecule has 3 aromatic rings. The van der Waals surface area contributed by atoms with Gasteiger partial charge in [-0.1, -0.05) is 12.1 Å². The van der Waals surface area contributed by atoms with Crippen molar-refractivity contribution in [3.8, 4) is 5.95 Å². The lowest BCUT2D eigenvalue weighted by Gasteiger charge is -2.22. The van der Waals surface area contributed by atoms with Crippen LogP contribution in [-0.2, 0) is 6.42 Å². The number of nitrogens with one attached hydrogen (secondary N) is 1. The van der Waals surface area contributed by atoms with E-state index in [9.17, 15) is 4.79 Å². The van der Waals surface area contributed by atoms with Crippen LogP contribution in [0.1, 0.15) is 24.4 Å². The first-order valence-electron chi connectivity index (χ1n) is 8.18. The van der Waals surface area contributed by atoms with E-state index in [4.69, 9.17) is 0 Å². The van der Waals surface area contributed by atoms with Gasteiger partial charge in [0.05, 0.1) is 11.7 Å². The molecule has 1 aromatic carbocycles. The zero-order chi connectivity index (χ0) is 18.1. The van der Waals surface area contributed by atoms with Crippen LogP contribution < -0.4 is 10.2 Å². The van der Waals surface area contributed by atoms with Gasteiger partial charge in [-0.25, -0.2) is 19.7 Å². The van der Waals surface area contributed by atoms with Crippen LogP contribution in [0, 0.1) is 0 Å². The number of hydrogen-bond donors (Lipinski definition) is 1. The molecule has 0 unspecified atom stereocenters. The van der Waals surface area contributed by atoms with E-state index in [0.29, 0.717) is 18.3 Å². The molecular formula is C17H16BrN7O. The molecule has 3 heterocycles. The molecule has 9 heteroatoms. The molecule has 1 aliphatic rings. The molecule has 1 atom stereocenters. The van der Waals surface area contributed by atoms with Gasteiger partial charge in [-0.3, -0.25) is 4.90 Å². The number of hydrogen-bond acceptors (Lipinski definition) is 5. The summed E-state index contributed by atoms with van der Waals surface area (Å²) in [5, 5.41) is 7.16. The number of nitrogens with zero attached hydrogens (tertiary/aromatic N) is 6. The topological polar surface area (TPSA) is 88.8 Å². The summed E-state index contributed by atoms with van der Waals surface area (Å²) in [4.78, 5) is 27.2. The lowest BCUT2D eigenvalue weighted by atomic mass is 10.2. The van der Waals surface area contributed by atoms with Gasteiger partial charge in [0.1, 0.15) is 6.33 Å². The molecule has 0 fully saturated rings. The van der Waals surface area contributed by atoms with Gasteiger partial charge in [-0.2, -0.15) is 9.78 Å². The lowest BCUT2D eigenvalue weighted by molar-refractivity contribution is 0.243. The number of halogens is 1. The minimum absolute atomic E-state index is 0.174. The van der Waals surface area contributed by atoms with E-state index in [-0.39, 0.29) is 12.1 Å². The zero-order valence-corrected chi connectivity index (χ0v) is 15.6. The van der Waals surface area contributed by atoms with Crippen LogP contribution in [0.25, 0.3) is 5.95 Å². The maximum absolute atomic E-state index is 12.8. The Hall–Kier alpha value is -2.81. The van der Waals surface area contributed by atoms with Crippen LogP contribution in [0.3, 0.4) is 0 Å². The number of para-hydroxylation sites is 1. The molecule has 8 nitrogen and oxygen atoms in total. The number of carbonyl (C=O) groups excluding carboxylic acids is 1. The Labute approximate surface area is 158 Å². The van der Waals surface area contributed by atoms with Crippen molar-refractivity contribution in [3.05, 3.63) is 58.8 Å². The number of anilines is 1. The highest BCUT2D eigenvalue weighted by atomic mass is 79.9. The van der Waals surface area contributed by atoms with Gasteiger partial charge in [0.25, 0.3) is 5.95 Å². The van der Waals surface area contributed by atoms with E-state index in [2.05, 4.69) is 41.3 Å². The predicted octanol–water partition coefficient (Wildman–Crippen LogP) is 2.65. The molecule has 2 amide bonds. The van der Waals surface area contributed by atoms with Crippen LogP contribution >= 0.6 is 15.9 Å². The number of carbonyl (C=O) groups is 1. The van der Waals surface area contributed by atoms with Gasteiger partial charge in [0.2, 0.25) is 0 Å². The summed E-state index contributed by atoms with van der Waals surface area (Å²) in [6.45, 7) is 2.50. The second-order valence-electron chi connectivity index (χ2n) is 5.90. The zero-order valence-electron chi connectivity index (χ0n) is 14.0. The minimum atomic E-state index is -0.361. The Bertz CT molecular complexity index is 943. The van der Waals surface area contributed by atoms with Crippen molar-refractivity contribution in [2.75, 3.05) is 11.4 Å². The van der Waals surface area contributed by atoms with E-state index >= 15 is 0 Å². The highest BCUT2D eigenvalue weighted by molar-refractivity contribution is 9.10. The summed E-state index contributed by atoms with van der Waals surface area (Å²) in [6, 6.07) is 7.16. The molecule has 0 radical (unpaired) electrons. The van der Waals surface area contributed by atoms with E-state index < -0.39 is 0 Å². The minimum Gasteiger partial charge on any atom is -0.328 e. The number of urea groups is 1. The standard InChI is InChI=1S/C17H16BrN7O/c1-11(15-21-10-22-25(15)16-19-7-3-8-20-16)23-17(26)24-9-6-12-4-2-5-13(18)14(12)24/h2-5,7-8,10-11H,6,9H2,1H3,(H,23,26)/t11-/m0/s1. The van der Waals surface area contributed by atoms with Crippen molar-refractivity contribution >= 4 is 27.6 Å². The number of fused-ring (bicyclic) bond motifs is 1. The van der Waals surface area contributed by atoms with Gasteiger partial charge in [-0.05, 0) is 47.0 Å². The average Bonchev–Trinajstić information content (AvgIpc) is 3.30. The number of aromatic nitrogens is 5. The summed E-state index contributed by atoms with van der Waals surface area (Å²) in [7, 11) is 0. The second kappa shape index (κ2) is 6.83. The van der Waals surface area contributed by atoms with E-state index in [1.54, 1.807) is 23.4 Å². The van der Waals surface area contributed by atoms with Crippen molar-refractivity contribution in [3.63, 3.8) is 0 Å². The van der Waals surface area contributed by atoms with Crippen LogP contribution in [0.4, 0.5) is 10.5 Å². The van der Waals surface area contributed by atoms with E-state index in [1.165, 1.54) is 11.0 Å². The largest absolute Gasteiger partial charge is 0.328 e. The highest BCUT2D eigenvalue weighted by Gasteiger charge is 2.28. The molecule has 0 saturated carbocycles. The third-order valence-electron chi connectivity index (χ3n) is 4.23. The fourth-order valence-corrected chi connectivity index (χ4v) is 3.66. The number of amides is 2. The highest BCUT2D eigenvalue weighted by Crippen LogP contribution is 2.35. The van der Waals surface area contributed by atoms with Gasteiger partial charge < -0.3 is 5.32 Å². The first-order valence-corrected chi connectivity index (χ1v) is 8.97. The van der Waals surface area contributed by atoms with Crippen LogP contribution in [0.15, 0.2) is 47.5 Å². The van der Waals surface area contributed by atoms with Crippen molar-refractivity contribution < 1.29 is 4.79 Å². The third-order valence-corrected chi connectivity index (χ3v) is 4.87. The fraction of sp³-hybridized carbons (Fsp3) is 0.235. The molecule has 0 spiro atoms. The molecule has 26 heavy (non-hydrogen) atoms. The Kier molecular flexibility index (Phi) is 4.37. The maximum Gasteiger partial charge on any atom is 0.322 e. The quantitative estimate of drug-likeness (QED) is 0.712. The molecule has 0 aliphatic carbocycles. The maximum atomic E-state index is 12.8. The van der Waals surface area contributed by atoms with Crippen molar-refractivity contribution in [1.29, 1.82) is 0 Å². The third kappa shape index (κ3) is 2.94. The summed E-state index contributed by atoms with van der Waals surface area (Å²) in [5.74, 6) is 0.978.